The highest BCUT2D eigenvalue weighted by Crippen LogP contribution is 2.67. The quantitative estimate of drug-likeness (QED) is 0.210. The van der Waals surface area contributed by atoms with E-state index >= 15 is 0 Å². The minimum atomic E-state index is -0.296. The van der Waals surface area contributed by atoms with Crippen molar-refractivity contribution in [2.75, 3.05) is 52.9 Å². The van der Waals surface area contributed by atoms with Crippen LogP contribution in [0.4, 0.5) is 0 Å². The molecule has 0 bridgehead atoms. The summed E-state index contributed by atoms with van der Waals surface area (Å²) >= 11 is 0. The zero-order chi connectivity index (χ0) is 34.4. The Balaban J connectivity index is 1.07. The number of allylic oxidation sites excluding steroid dienone is 1. The molecule has 0 radical (unpaired) electrons. The van der Waals surface area contributed by atoms with Crippen molar-refractivity contribution in [2.45, 2.75) is 111 Å². The summed E-state index contributed by atoms with van der Waals surface area (Å²) in [5, 5.41) is 0. The van der Waals surface area contributed by atoms with E-state index in [4.69, 9.17) is 28.4 Å². The topological polar surface area (TPSA) is 72.5 Å². The monoisotopic (exact) mass is 680 g/mol. The lowest BCUT2D eigenvalue weighted by Gasteiger charge is -2.58. The van der Waals surface area contributed by atoms with Gasteiger partial charge in [0.05, 0.1) is 45.2 Å². The van der Waals surface area contributed by atoms with Crippen molar-refractivity contribution in [3.8, 4) is 11.5 Å². The van der Waals surface area contributed by atoms with Gasteiger partial charge in [0, 0.05) is 6.42 Å². The van der Waals surface area contributed by atoms with E-state index in [9.17, 15) is 4.79 Å². The summed E-state index contributed by atoms with van der Waals surface area (Å²) in [7, 11) is 0. The van der Waals surface area contributed by atoms with Crippen molar-refractivity contribution < 1.29 is 33.2 Å². The van der Waals surface area contributed by atoms with Gasteiger partial charge in [-0.3, -0.25) is 0 Å². The summed E-state index contributed by atoms with van der Waals surface area (Å²) < 4.78 is 34.9. The fraction of sp³-hybridized carbons (Fsp3) is 0.786. The molecule has 1 unspecified atom stereocenters. The number of esters is 1. The van der Waals surface area contributed by atoms with Crippen LogP contribution in [0.2, 0.25) is 0 Å². The molecule has 3 fully saturated rings. The van der Waals surface area contributed by atoms with Crippen LogP contribution in [-0.4, -0.2) is 64.9 Å². The van der Waals surface area contributed by atoms with E-state index in [0.717, 1.165) is 54.8 Å². The summed E-state index contributed by atoms with van der Waals surface area (Å²) in [5.41, 5.74) is 2.75. The lowest BCUT2D eigenvalue weighted by Crippen LogP contribution is -2.51. The molecule has 1 aromatic rings. The highest BCUT2D eigenvalue weighted by atomic mass is 16.6. The molecule has 0 saturated heterocycles. The van der Waals surface area contributed by atoms with Gasteiger partial charge in [0.2, 0.25) is 0 Å². The number of fused-ring (bicyclic) bond motifs is 6. The Kier molecular flexibility index (Phi) is 12.4. The van der Waals surface area contributed by atoms with Gasteiger partial charge in [0.25, 0.3) is 0 Å². The molecule has 3 saturated carbocycles. The van der Waals surface area contributed by atoms with E-state index in [2.05, 4.69) is 40.7 Å². The Bertz CT molecular complexity index is 1280. The largest absolute Gasteiger partial charge is 0.487 e. The molecular formula is C42H64O7. The van der Waals surface area contributed by atoms with Gasteiger partial charge in [-0.1, -0.05) is 65.5 Å². The number of hydrogen-bond donors (Lipinski definition) is 0. The SMILES string of the molecule is CC(C)CCC[C@@H](C)[C@H]1CC[C@H]2[C@@H]3CC=C4CC(OC(=O)c5ccc6c(c5)OCCOCCOCCOCCO6)CC[C@]4(C)[C@H]3CC[C@]12C. The normalized spacial score (nSPS) is 34.7. The number of ether oxygens (including phenoxy) is 6. The average molecular weight is 681 g/mol. The lowest BCUT2D eigenvalue weighted by molar-refractivity contribution is -0.0594. The summed E-state index contributed by atoms with van der Waals surface area (Å²) in [6.07, 6.45) is 16.3. The van der Waals surface area contributed by atoms with Crippen molar-refractivity contribution >= 4 is 5.97 Å². The van der Waals surface area contributed by atoms with E-state index in [1.54, 1.807) is 23.8 Å². The first kappa shape index (κ1) is 36.7. The van der Waals surface area contributed by atoms with Gasteiger partial charge in [-0.05, 0) is 109 Å². The first-order valence-electron chi connectivity index (χ1n) is 19.7. The van der Waals surface area contributed by atoms with Crippen LogP contribution in [0.1, 0.15) is 116 Å². The zero-order valence-electron chi connectivity index (χ0n) is 31.1. The molecule has 1 heterocycles. The second-order valence-corrected chi connectivity index (χ2v) is 16.8. The van der Waals surface area contributed by atoms with Crippen molar-refractivity contribution in [3.05, 3.63) is 35.4 Å². The summed E-state index contributed by atoms with van der Waals surface area (Å²) in [5.74, 6) is 5.75. The predicted molar refractivity (Wildman–Crippen MR) is 192 cm³/mol. The molecule has 1 aliphatic heterocycles. The highest BCUT2D eigenvalue weighted by molar-refractivity contribution is 5.90. The number of rotatable bonds is 7. The van der Waals surface area contributed by atoms with E-state index in [-0.39, 0.29) is 17.5 Å². The van der Waals surface area contributed by atoms with Gasteiger partial charge in [0.15, 0.2) is 11.5 Å². The molecule has 4 aliphatic carbocycles. The van der Waals surface area contributed by atoms with Crippen molar-refractivity contribution in [2.24, 2.45) is 46.3 Å². The highest BCUT2D eigenvalue weighted by Gasteiger charge is 2.59. The molecule has 8 atom stereocenters. The van der Waals surface area contributed by atoms with E-state index in [1.165, 1.54) is 51.4 Å². The summed E-state index contributed by atoms with van der Waals surface area (Å²) in [6, 6.07) is 5.32. The number of hydrogen-bond acceptors (Lipinski definition) is 7. The molecule has 274 valence electrons. The molecule has 0 N–H and O–H groups in total. The van der Waals surface area contributed by atoms with Crippen LogP contribution in [0.15, 0.2) is 29.8 Å². The van der Waals surface area contributed by atoms with Gasteiger partial charge in [-0.2, -0.15) is 0 Å². The van der Waals surface area contributed by atoms with Gasteiger partial charge in [0.1, 0.15) is 19.3 Å². The molecule has 0 amide bonds. The Morgan fingerprint density at radius 3 is 2.22 bits per heavy atom. The third-order valence-electron chi connectivity index (χ3n) is 13.4. The first-order chi connectivity index (χ1) is 23.7. The van der Waals surface area contributed by atoms with Crippen molar-refractivity contribution in [1.29, 1.82) is 0 Å². The van der Waals surface area contributed by atoms with Crippen LogP contribution in [0, 0.1) is 46.3 Å². The fourth-order valence-electron chi connectivity index (χ4n) is 10.8. The number of carbonyl (C=O) groups is 1. The molecule has 6 rings (SSSR count). The number of benzene rings is 1. The fourth-order valence-corrected chi connectivity index (χ4v) is 10.8. The standard InChI is InChI=1S/C42H64O7/c1-29(2)7-6-8-30(3)35-12-13-36-34-11-10-32-28-33(15-17-41(32,4)37(34)16-18-42(35,36)5)49-40(43)31-9-14-38-39(27-31)48-26-24-46-22-20-44-19-21-45-23-25-47-38/h9-10,14,27,29-30,33-37H,6-8,11-13,15-26,28H2,1-5H3/t30-,33?,34+,35-,36+,37+,41+,42-/m1/s1. The van der Waals surface area contributed by atoms with Crippen molar-refractivity contribution in [1.82, 2.24) is 0 Å². The third kappa shape index (κ3) is 8.36. The van der Waals surface area contributed by atoms with Crippen LogP contribution in [-0.2, 0) is 18.9 Å². The molecular weight excluding hydrogens is 616 g/mol. The van der Waals surface area contributed by atoms with Crippen LogP contribution in [0.3, 0.4) is 0 Å². The molecule has 0 spiro atoms. The minimum Gasteiger partial charge on any atom is -0.487 e. The smallest absolute Gasteiger partial charge is 0.338 e. The summed E-state index contributed by atoms with van der Waals surface area (Å²) in [6.45, 7) is 16.2. The molecule has 1 aromatic carbocycles. The minimum absolute atomic E-state index is 0.0951. The molecule has 7 nitrogen and oxygen atoms in total. The van der Waals surface area contributed by atoms with Crippen LogP contribution in [0.5, 0.6) is 11.5 Å². The number of carbonyl (C=O) groups excluding carboxylic acids is 1. The van der Waals surface area contributed by atoms with Gasteiger partial charge in [-0.15, -0.1) is 0 Å². The second kappa shape index (κ2) is 16.5. The Morgan fingerprint density at radius 1 is 0.816 bits per heavy atom. The van der Waals surface area contributed by atoms with Crippen LogP contribution in [0.25, 0.3) is 0 Å². The Labute approximate surface area is 296 Å². The van der Waals surface area contributed by atoms with E-state index in [1.807, 2.05) is 0 Å². The molecule has 7 heteroatoms. The van der Waals surface area contributed by atoms with Crippen LogP contribution >= 0.6 is 0 Å². The lowest BCUT2D eigenvalue weighted by atomic mass is 9.47. The Morgan fingerprint density at radius 2 is 1.51 bits per heavy atom. The third-order valence-corrected chi connectivity index (χ3v) is 13.4. The maximum Gasteiger partial charge on any atom is 0.338 e. The van der Waals surface area contributed by atoms with Crippen LogP contribution < -0.4 is 9.47 Å². The maximum atomic E-state index is 13.5. The molecule has 0 aromatic heterocycles. The predicted octanol–water partition coefficient (Wildman–Crippen LogP) is 9.07. The Hall–Kier alpha value is -2.09. The van der Waals surface area contributed by atoms with Gasteiger partial charge in [-0.25, -0.2) is 4.79 Å². The molecule has 5 aliphatic rings. The molecule has 49 heavy (non-hydrogen) atoms. The van der Waals surface area contributed by atoms with Gasteiger partial charge >= 0.3 is 5.97 Å². The second-order valence-electron chi connectivity index (χ2n) is 16.8. The average Bonchev–Trinajstić information content (AvgIpc) is 3.43. The van der Waals surface area contributed by atoms with E-state index in [0.29, 0.717) is 75.3 Å². The summed E-state index contributed by atoms with van der Waals surface area (Å²) in [4.78, 5) is 13.5. The van der Waals surface area contributed by atoms with E-state index < -0.39 is 0 Å². The zero-order valence-corrected chi connectivity index (χ0v) is 31.1. The maximum absolute atomic E-state index is 13.5. The first-order valence-corrected chi connectivity index (χ1v) is 19.7. The van der Waals surface area contributed by atoms with Crippen molar-refractivity contribution in [3.63, 3.8) is 0 Å². The van der Waals surface area contributed by atoms with Gasteiger partial charge < -0.3 is 28.4 Å².